The molecule has 158 valence electrons. The van der Waals surface area contributed by atoms with Crippen molar-refractivity contribution in [2.24, 2.45) is 4.99 Å². The average molecular weight is 399 g/mol. The predicted octanol–water partition coefficient (Wildman–Crippen LogP) is 1.30. The van der Waals surface area contributed by atoms with E-state index in [-0.39, 0.29) is 5.91 Å². The van der Waals surface area contributed by atoms with Gasteiger partial charge >= 0.3 is 0 Å². The molecule has 2 heterocycles. The van der Waals surface area contributed by atoms with Crippen LogP contribution in [0.5, 0.6) is 0 Å². The summed E-state index contributed by atoms with van der Waals surface area (Å²) in [5, 5.41) is 9.91. The lowest BCUT2D eigenvalue weighted by Gasteiger charge is -2.28. The monoisotopic (exact) mass is 398 g/mol. The van der Waals surface area contributed by atoms with Crippen LogP contribution >= 0.6 is 0 Å². The van der Waals surface area contributed by atoms with Crippen molar-refractivity contribution in [3.63, 3.8) is 0 Å². The molecule has 1 aromatic carbocycles. The molecule has 1 aliphatic carbocycles. The van der Waals surface area contributed by atoms with Gasteiger partial charge < -0.3 is 20.9 Å². The summed E-state index contributed by atoms with van der Waals surface area (Å²) in [5.41, 5.74) is 2.31. The fourth-order valence-corrected chi connectivity index (χ4v) is 4.76. The number of nitrogens with zero attached hydrogens (tertiary/aromatic N) is 3. The Labute approximate surface area is 173 Å². The second-order valence-corrected chi connectivity index (χ2v) is 8.43. The number of benzene rings is 1. The highest BCUT2D eigenvalue weighted by Crippen LogP contribution is 2.26. The first-order chi connectivity index (χ1) is 14.2. The van der Waals surface area contributed by atoms with Gasteiger partial charge in [0, 0.05) is 57.5 Å². The minimum Gasteiger partial charge on any atom is -0.360 e. The first-order valence-corrected chi connectivity index (χ1v) is 11.0. The maximum absolute atomic E-state index is 11.6. The van der Waals surface area contributed by atoms with Crippen molar-refractivity contribution in [2.75, 3.05) is 44.7 Å². The Kier molecular flexibility index (Phi) is 6.54. The molecule has 1 aromatic rings. The maximum Gasteiger partial charge on any atom is 0.239 e. The van der Waals surface area contributed by atoms with Crippen LogP contribution in [0.4, 0.5) is 5.69 Å². The van der Waals surface area contributed by atoms with Crippen LogP contribution in [0.1, 0.15) is 37.7 Å². The predicted molar refractivity (Wildman–Crippen MR) is 117 cm³/mol. The normalized spacial score (nSPS) is 24.0. The fraction of sp³-hybridized carbons (Fsp3) is 0.636. The number of hydrogen-bond acceptors (Lipinski definition) is 4. The van der Waals surface area contributed by atoms with Crippen molar-refractivity contribution < 1.29 is 4.79 Å². The number of guanidine groups is 1. The van der Waals surface area contributed by atoms with E-state index in [4.69, 9.17) is 0 Å². The summed E-state index contributed by atoms with van der Waals surface area (Å²) in [6, 6.07) is 9.74. The molecule has 3 fully saturated rings. The van der Waals surface area contributed by atoms with Gasteiger partial charge in [0.1, 0.15) is 0 Å². The lowest BCUT2D eigenvalue weighted by molar-refractivity contribution is -0.120. The van der Waals surface area contributed by atoms with Gasteiger partial charge in [-0.05, 0) is 37.0 Å². The van der Waals surface area contributed by atoms with E-state index in [1.54, 1.807) is 0 Å². The van der Waals surface area contributed by atoms with Gasteiger partial charge in [0.05, 0.1) is 6.54 Å². The molecular weight excluding hydrogens is 364 g/mol. The number of rotatable bonds is 5. The summed E-state index contributed by atoms with van der Waals surface area (Å²) in [6.07, 6.45) is 6.73. The van der Waals surface area contributed by atoms with E-state index in [0.29, 0.717) is 19.1 Å². The lowest BCUT2D eigenvalue weighted by Crippen LogP contribution is -2.47. The molecule has 7 heteroatoms. The number of carbonyl (C=O) groups is 1. The molecule has 1 atom stereocenters. The molecule has 3 N–H and O–H groups in total. The van der Waals surface area contributed by atoms with Gasteiger partial charge in [0.2, 0.25) is 5.91 Å². The van der Waals surface area contributed by atoms with Crippen LogP contribution in [0.2, 0.25) is 0 Å². The quantitative estimate of drug-likeness (QED) is 0.515. The van der Waals surface area contributed by atoms with Crippen LogP contribution in [-0.4, -0.2) is 68.6 Å². The summed E-state index contributed by atoms with van der Waals surface area (Å²) >= 11 is 0. The first kappa shape index (κ1) is 20.0. The molecule has 0 bridgehead atoms. The van der Waals surface area contributed by atoms with Crippen molar-refractivity contribution >= 4 is 17.6 Å². The Morgan fingerprint density at radius 3 is 2.69 bits per heavy atom. The van der Waals surface area contributed by atoms with E-state index in [0.717, 1.165) is 37.3 Å². The van der Waals surface area contributed by atoms with Crippen molar-refractivity contribution in [1.82, 2.24) is 20.9 Å². The van der Waals surface area contributed by atoms with Gasteiger partial charge in [0.15, 0.2) is 5.96 Å². The van der Waals surface area contributed by atoms with Crippen LogP contribution in [0.15, 0.2) is 29.3 Å². The zero-order valence-electron chi connectivity index (χ0n) is 17.5. The highest BCUT2D eigenvalue weighted by Gasteiger charge is 2.30. The van der Waals surface area contributed by atoms with Crippen molar-refractivity contribution in [3.8, 4) is 0 Å². The van der Waals surface area contributed by atoms with Gasteiger partial charge in [-0.1, -0.05) is 25.0 Å². The molecule has 0 aromatic heterocycles. The standard InChI is InChI=1S/C22H34N6O/c1-23-22(26-18-10-12-27(15-18)19-4-2-3-5-19)25-14-17-6-8-20(9-7-17)28-13-11-24-21(29)16-28/h6-9,18-19H,2-5,10-16H2,1H3,(H,24,29)(H2,23,25,26). The molecule has 1 unspecified atom stereocenters. The van der Waals surface area contributed by atoms with E-state index in [1.165, 1.54) is 44.2 Å². The third-order valence-electron chi connectivity index (χ3n) is 6.43. The van der Waals surface area contributed by atoms with Gasteiger partial charge in [-0.15, -0.1) is 0 Å². The van der Waals surface area contributed by atoms with Crippen LogP contribution in [-0.2, 0) is 11.3 Å². The molecule has 1 saturated carbocycles. The van der Waals surface area contributed by atoms with E-state index < -0.39 is 0 Å². The Hall–Kier alpha value is -2.28. The summed E-state index contributed by atoms with van der Waals surface area (Å²) in [5.74, 6) is 0.968. The fourth-order valence-electron chi connectivity index (χ4n) is 4.76. The summed E-state index contributed by atoms with van der Waals surface area (Å²) < 4.78 is 0. The number of piperazine rings is 1. The van der Waals surface area contributed by atoms with Crippen LogP contribution in [0.25, 0.3) is 0 Å². The molecule has 2 saturated heterocycles. The number of amides is 1. The number of aliphatic imine (C=N–C) groups is 1. The molecule has 2 aliphatic heterocycles. The summed E-state index contributed by atoms with van der Waals surface area (Å²) in [4.78, 5) is 20.8. The Morgan fingerprint density at radius 1 is 1.17 bits per heavy atom. The zero-order chi connectivity index (χ0) is 20.1. The van der Waals surface area contributed by atoms with E-state index in [9.17, 15) is 4.79 Å². The largest absolute Gasteiger partial charge is 0.360 e. The molecule has 1 amide bonds. The SMILES string of the molecule is CN=C(NCc1ccc(N2CCNC(=O)C2)cc1)NC1CCN(C2CCCC2)C1. The maximum atomic E-state index is 11.6. The third-order valence-corrected chi connectivity index (χ3v) is 6.43. The first-order valence-electron chi connectivity index (χ1n) is 11.0. The van der Waals surface area contributed by atoms with Gasteiger partial charge in [0.25, 0.3) is 0 Å². The average Bonchev–Trinajstić information content (AvgIpc) is 3.43. The Balaban J connectivity index is 1.24. The third kappa shape index (κ3) is 5.21. The number of nitrogens with one attached hydrogen (secondary N) is 3. The highest BCUT2D eigenvalue weighted by atomic mass is 16.2. The second-order valence-electron chi connectivity index (χ2n) is 8.43. The zero-order valence-corrected chi connectivity index (χ0v) is 17.5. The summed E-state index contributed by atoms with van der Waals surface area (Å²) in [6.45, 7) is 5.08. The number of carbonyl (C=O) groups excluding carboxylic acids is 1. The molecule has 0 radical (unpaired) electrons. The van der Waals surface area contributed by atoms with E-state index in [2.05, 4.69) is 55.0 Å². The van der Waals surface area contributed by atoms with Gasteiger partial charge in [-0.3, -0.25) is 14.7 Å². The summed E-state index contributed by atoms with van der Waals surface area (Å²) in [7, 11) is 1.84. The molecule has 29 heavy (non-hydrogen) atoms. The van der Waals surface area contributed by atoms with Crippen molar-refractivity contribution in [1.29, 1.82) is 0 Å². The lowest BCUT2D eigenvalue weighted by atomic mass is 10.2. The minimum absolute atomic E-state index is 0.0928. The van der Waals surface area contributed by atoms with Crippen LogP contribution in [0.3, 0.4) is 0 Å². The Bertz CT molecular complexity index is 713. The molecule has 0 spiro atoms. The second kappa shape index (κ2) is 9.48. The van der Waals surface area contributed by atoms with E-state index in [1.807, 2.05) is 7.05 Å². The van der Waals surface area contributed by atoms with E-state index >= 15 is 0 Å². The topological polar surface area (TPSA) is 72.0 Å². The van der Waals surface area contributed by atoms with Gasteiger partial charge in [-0.2, -0.15) is 0 Å². The van der Waals surface area contributed by atoms with Crippen LogP contribution in [0, 0.1) is 0 Å². The van der Waals surface area contributed by atoms with Gasteiger partial charge in [-0.25, -0.2) is 0 Å². The van der Waals surface area contributed by atoms with Crippen molar-refractivity contribution in [3.05, 3.63) is 29.8 Å². The number of likely N-dealkylation sites (tertiary alicyclic amines) is 1. The molecule has 3 aliphatic rings. The van der Waals surface area contributed by atoms with Crippen LogP contribution < -0.4 is 20.9 Å². The Morgan fingerprint density at radius 2 is 1.97 bits per heavy atom. The smallest absolute Gasteiger partial charge is 0.239 e. The van der Waals surface area contributed by atoms with Crippen molar-refractivity contribution in [2.45, 2.75) is 50.7 Å². The highest BCUT2D eigenvalue weighted by molar-refractivity contribution is 5.82. The number of anilines is 1. The molecular formula is C22H34N6O. The number of hydrogen-bond donors (Lipinski definition) is 3. The molecule has 4 rings (SSSR count). The minimum atomic E-state index is 0.0928. The molecule has 7 nitrogen and oxygen atoms in total.